The van der Waals surface area contributed by atoms with Gasteiger partial charge in [-0.3, -0.25) is 9.48 Å². The molecule has 0 atom stereocenters. The molecule has 2 rings (SSSR count). The normalized spacial score (nSPS) is 16.5. The molecule has 6 nitrogen and oxygen atoms in total. The van der Waals surface area contributed by atoms with Crippen molar-refractivity contribution < 1.29 is 9.53 Å². The summed E-state index contributed by atoms with van der Waals surface area (Å²) in [7, 11) is 1.52. The van der Waals surface area contributed by atoms with Crippen molar-refractivity contribution >= 4 is 11.6 Å². The fourth-order valence-electron chi connectivity index (χ4n) is 1.59. The molecule has 82 valence electrons. The number of aromatic nitrogens is 2. The number of hydrogen-bond acceptors (Lipinski definition) is 4. The van der Waals surface area contributed by atoms with Gasteiger partial charge in [0.25, 0.3) is 0 Å². The number of nitrogen functional groups attached to an aromatic ring is 1. The lowest BCUT2D eigenvalue weighted by Gasteiger charge is -2.38. The van der Waals surface area contributed by atoms with E-state index in [0.29, 0.717) is 18.8 Å². The zero-order chi connectivity index (χ0) is 10.8. The molecule has 1 aliphatic heterocycles. The van der Waals surface area contributed by atoms with E-state index in [1.54, 1.807) is 22.0 Å². The maximum atomic E-state index is 11.4. The van der Waals surface area contributed by atoms with E-state index in [9.17, 15) is 4.79 Å². The van der Waals surface area contributed by atoms with E-state index < -0.39 is 0 Å². The molecule has 1 aliphatic rings. The molecule has 0 aromatic carbocycles. The lowest BCUT2D eigenvalue weighted by molar-refractivity contribution is -0.141. The molecule has 1 fully saturated rings. The molecule has 15 heavy (non-hydrogen) atoms. The van der Waals surface area contributed by atoms with Gasteiger partial charge in [-0.2, -0.15) is 5.10 Å². The monoisotopic (exact) mass is 210 g/mol. The minimum absolute atomic E-state index is 0.0221. The first-order chi connectivity index (χ1) is 7.20. The molecule has 1 saturated heterocycles. The summed E-state index contributed by atoms with van der Waals surface area (Å²) in [5.41, 5.74) is 6.20. The Morgan fingerprint density at radius 1 is 1.73 bits per heavy atom. The average Bonchev–Trinajstić information content (AvgIpc) is 2.49. The summed E-state index contributed by atoms with van der Waals surface area (Å²) in [4.78, 5) is 13.1. The smallest absolute Gasteiger partial charge is 0.248 e. The number of nitrogens with zero attached hydrogens (tertiary/aromatic N) is 3. The molecule has 0 spiro atoms. The van der Waals surface area contributed by atoms with Crippen LogP contribution in [-0.2, 0) is 9.53 Å². The Labute approximate surface area is 87.6 Å². The second-order valence-corrected chi connectivity index (χ2v) is 3.64. The van der Waals surface area contributed by atoms with Crippen LogP contribution < -0.4 is 5.73 Å². The fraction of sp³-hybridized carbons (Fsp3) is 0.556. The van der Waals surface area contributed by atoms with Crippen LogP contribution in [0.5, 0.6) is 0 Å². The molecule has 2 N–H and O–H groups in total. The Morgan fingerprint density at radius 2 is 2.47 bits per heavy atom. The highest BCUT2D eigenvalue weighted by Gasteiger charge is 2.31. The van der Waals surface area contributed by atoms with Crippen molar-refractivity contribution in [3.8, 4) is 0 Å². The molecule has 0 radical (unpaired) electrons. The lowest BCUT2D eigenvalue weighted by Crippen LogP contribution is -2.51. The van der Waals surface area contributed by atoms with Gasteiger partial charge >= 0.3 is 0 Å². The van der Waals surface area contributed by atoms with Gasteiger partial charge in [0.05, 0.1) is 17.9 Å². The van der Waals surface area contributed by atoms with E-state index in [4.69, 9.17) is 10.5 Å². The van der Waals surface area contributed by atoms with Crippen molar-refractivity contribution in [2.24, 2.45) is 0 Å². The quantitative estimate of drug-likeness (QED) is 0.729. The highest BCUT2D eigenvalue weighted by atomic mass is 16.5. The molecule has 1 aromatic heterocycles. The van der Waals surface area contributed by atoms with Crippen molar-refractivity contribution in [1.29, 1.82) is 0 Å². The van der Waals surface area contributed by atoms with Gasteiger partial charge in [-0.1, -0.05) is 0 Å². The molecule has 0 saturated carbocycles. The maximum Gasteiger partial charge on any atom is 0.248 e. The Hall–Kier alpha value is -1.56. The highest BCUT2D eigenvalue weighted by Crippen LogP contribution is 2.21. The molecule has 6 heteroatoms. The van der Waals surface area contributed by atoms with Gasteiger partial charge in [0.2, 0.25) is 5.91 Å². The third-order valence-electron chi connectivity index (χ3n) is 2.48. The summed E-state index contributed by atoms with van der Waals surface area (Å²) < 4.78 is 6.57. The van der Waals surface area contributed by atoms with Crippen molar-refractivity contribution in [3.63, 3.8) is 0 Å². The number of likely N-dealkylation sites (tertiary alicyclic amines) is 1. The maximum absolute atomic E-state index is 11.4. The first kappa shape index (κ1) is 9.97. The van der Waals surface area contributed by atoms with Crippen LogP contribution in [0.25, 0.3) is 0 Å². The topological polar surface area (TPSA) is 73.4 Å². The standard InChI is InChI=1S/C9H14N4O2/c1-15-6-9(14)12-4-8(5-12)13-3-7(10)2-11-13/h2-3,8H,4-6,10H2,1H3. The van der Waals surface area contributed by atoms with Crippen LogP contribution in [-0.4, -0.2) is 47.4 Å². The number of rotatable bonds is 3. The summed E-state index contributed by atoms with van der Waals surface area (Å²) in [5.74, 6) is 0.0221. The molecule has 0 bridgehead atoms. The van der Waals surface area contributed by atoms with Crippen LogP contribution in [0.1, 0.15) is 6.04 Å². The SMILES string of the molecule is COCC(=O)N1CC(n2cc(N)cn2)C1. The summed E-state index contributed by atoms with van der Waals surface area (Å²) in [6, 6.07) is 0.253. The van der Waals surface area contributed by atoms with E-state index in [2.05, 4.69) is 5.10 Å². The Balaban J connectivity index is 1.85. The number of anilines is 1. The Morgan fingerprint density at radius 3 is 3.00 bits per heavy atom. The second kappa shape index (κ2) is 3.90. The van der Waals surface area contributed by atoms with E-state index >= 15 is 0 Å². The summed E-state index contributed by atoms with van der Waals surface area (Å²) in [5, 5.41) is 4.10. The average molecular weight is 210 g/mol. The number of carbonyl (C=O) groups is 1. The van der Waals surface area contributed by atoms with Crippen LogP contribution in [0.3, 0.4) is 0 Å². The van der Waals surface area contributed by atoms with Gasteiger partial charge in [0, 0.05) is 26.4 Å². The predicted molar refractivity (Wildman–Crippen MR) is 54.1 cm³/mol. The lowest BCUT2D eigenvalue weighted by atomic mass is 10.1. The van der Waals surface area contributed by atoms with Crippen LogP contribution in [0, 0.1) is 0 Å². The Kier molecular flexibility index (Phi) is 2.59. The Bertz CT molecular complexity index is 357. The number of carbonyl (C=O) groups excluding carboxylic acids is 1. The largest absolute Gasteiger partial charge is 0.396 e. The first-order valence-electron chi connectivity index (χ1n) is 4.77. The minimum Gasteiger partial charge on any atom is -0.396 e. The van der Waals surface area contributed by atoms with Gasteiger partial charge < -0.3 is 15.4 Å². The van der Waals surface area contributed by atoms with Crippen molar-refractivity contribution in [2.45, 2.75) is 6.04 Å². The van der Waals surface area contributed by atoms with Crippen LogP contribution >= 0.6 is 0 Å². The summed E-state index contributed by atoms with van der Waals surface area (Å²) in [6.45, 7) is 1.51. The van der Waals surface area contributed by atoms with E-state index in [0.717, 1.165) is 0 Å². The zero-order valence-corrected chi connectivity index (χ0v) is 8.59. The summed E-state index contributed by atoms with van der Waals surface area (Å²) in [6.07, 6.45) is 3.39. The molecular weight excluding hydrogens is 196 g/mol. The number of hydrogen-bond donors (Lipinski definition) is 1. The molecule has 1 aromatic rings. The van der Waals surface area contributed by atoms with Crippen molar-refractivity contribution in [2.75, 3.05) is 32.5 Å². The third kappa shape index (κ3) is 1.94. The van der Waals surface area contributed by atoms with E-state index in [-0.39, 0.29) is 18.6 Å². The number of amides is 1. The van der Waals surface area contributed by atoms with Crippen molar-refractivity contribution in [3.05, 3.63) is 12.4 Å². The highest BCUT2D eigenvalue weighted by molar-refractivity contribution is 5.78. The van der Waals surface area contributed by atoms with Crippen LogP contribution in [0.2, 0.25) is 0 Å². The van der Waals surface area contributed by atoms with Gasteiger partial charge in [-0.25, -0.2) is 0 Å². The molecule has 0 unspecified atom stereocenters. The molecule has 2 heterocycles. The number of methoxy groups -OCH3 is 1. The molecule has 0 aliphatic carbocycles. The van der Waals surface area contributed by atoms with Crippen LogP contribution in [0.4, 0.5) is 5.69 Å². The third-order valence-corrected chi connectivity index (χ3v) is 2.48. The predicted octanol–water partition coefficient (Wildman–Crippen LogP) is -0.505. The van der Waals surface area contributed by atoms with Gasteiger partial charge in [0.1, 0.15) is 6.61 Å². The van der Waals surface area contributed by atoms with E-state index in [1.165, 1.54) is 7.11 Å². The minimum atomic E-state index is 0.0221. The van der Waals surface area contributed by atoms with Crippen LogP contribution in [0.15, 0.2) is 12.4 Å². The van der Waals surface area contributed by atoms with Crippen molar-refractivity contribution in [1.82, 2.24) is 14.7 Å². The molecule has 1 amide bonds. The zero-order valence-electron chi connectivity index (χ0n) is 8.59. The summed E-state index contributed by atoms with van der Waals surface area (Å²) >= 11 is 0. The number of ether oxygens (including phenoxy) is 1. The van der Waals surface area contributed by atoms with E-state index in [1.807, 2.05) is 0 Å². The first-order valence-corrected chi connectivity index (χ1v) is 4.77. The number of nitrogens with two attached hydrogens (primary N) is 1. The molecular formula is C9H14N4O2. The van der Waals surface area contributed by atoms with Gasteiger partial charge in [0.15, 0.2) is 0 Å². The fourth-order valence-corrected chi connectivity index (χ4v) is 1.59. The van der Waals surface area contributed by atoms with Gasteiger partial charge in [-0.15, -0.1) is 0 Å². The van der Waals surface area contributed by atoms with Gasteiger partial charge in [-0.05, 0) is 0 Å². The second-order valence-electron chi connectivity index (χ2n) is 3.64.